The standard InChI is InChI=1S/C17H19F4N3O2/c1-11-6-14(24(2)23-11)8-22-15(25)13-5-3-4-12(7-13)9-26-10-17(20,21)16(18)19/h3-7,16H,8-10H2,1-2H3,(H,22,25). The Hall–Kier alpha value is -2.42. The molecule has 9 heteroatoms. The highest BCUT2D eigenvalue weighted by Crippen LogP contribution is 2.23. The summed E-state index contributed by atoms with van der Waals surface area (Å²) >= 11 is 0. The molecule has 0 spiro atoms. The molecule has 142 valence electrons. The number of aryl methyl sites for hydroxylation is 2. The zero-order valence-electron chi connectivity index (χ0n) is 14.3. The van der Waals surface area contributed by atoms with Crippen LogP contribution in [0.4, 0.5) is 17.6 Å². The van der Waals surface area contributed by atoms with Crippen LogP contribution in [-0.4, -0.2) is 34.6 Å². The molecule has 0 radical (unpaired) electrons. The number of ether oxygens (including phenoxy) is 1. The minimum Gasteiger partial charge on any atom is -0.370 e. The average molecular weight is 373 g/mol. The molecular formula is C17H19F4N3O2. The fourth-order valence-electron chi connectivity index (χ4n) is 2.27. The summed E-state index contributed by atoms with van der Waals surface area (Å²) in [6, 6.07) is 7.98. The van der Waals surface area contributed by atoms with Crippen LogP contribution in [0.1, 0.15) is 27.3 Å². The van der Waals surface area contributed by atoms with E-state index in [1.165, 1.54) is 6.07 Å². The molecule has 0 saturated heterocycles. The van der Waals surface area contributed by atoms with Gasteiger partial charge in [0.2, 0.25) is 0 Å². The minimum absolute atomic E-state index is 0.275. The summed E-state index contributed by atoms with van der Waals surface area (Å²) in [5.41, 5.74) is 2.39. The lowest BCUT2D eigenvalue weighted by atomic mass is 10.1. The first-order chi connectivity index (χ1) is 12.2. The molecule has 0 atom stereocenters. The summed E-state index contributed by atoms with van der Waals surface area (Å²) in [4.78, 5) is 12.2. The summed E-state index contributed by atoms with van der Waals surface area (Å²) in [7, 11) is 1.77. The van der Waals surface area contributed by atoms with Crippen LogP contribution in [0.25, 0.3) is 0 Å². The maximum atomic E-state index is 12.8. The average Bonchev–Trinajstić information content (AvgIpc) is 2.90. The molecule has 0 aliphatic carbocycles. The van der Waals surface area contributed by atoms with Crippen LogP contribution in [0.5, 0.6) is 0 Å². The van der Waals surface area contributed by atoms with Crippen molar-refractivity contribution < 1.29 is 27.1 Å². The Bertz CT molecular complexity index is 762. The van der Waals surface area contributed by atoms with Crippen molar-refractivity contribution in [3.05, 3.63) is 52.8 Å². The number of carbonyl (C=O) groups is 1. The predicted molar refractivity (Wildman–Crippen MR) is 86.2 cm³/mol. The van der Waals surface area contributed by atoms with Crippen LogP contribution in [-0.2, 0) is 24.9 Å². The lowest BCUT2D eigenvalue weighted by Gasteiger charge is -2.15. The second kappa shape index (κ2) is 8.31. The van der Waals surface area contributed by atoms with Crippen molar-refractivity contribution in [3.8, 4) is 0 Å². The second-order valence-electron chi connectivity index (χ2n) is 5.84. The summed E-state index contributed by atoms with van der Waals surface area (Å²) in [5.74, 6) is -4.56. The maximum Gasteiger partial charge on any atom is 0.330 e. The van der Waals surface area contributed by atoms with Gasteiger partial charge in [-0.3, -0.25) is 9.48 Å². The Morgan fingerprint density at radius 3 is 2.69 bits per heavy atom. The second-order valence-corrected chi connectivity index (χ2v) is 5.84. The van der Waals surface area contributed by atoms with E-state index in [-0.39, 0.29) is 19.1 Å². The first kappa shape index (κ1) is 19.9. The Kier molecular flexibility index (Phi) is 6.36. The molecule has 0 aliphatic rings. The highest BCUT2D eigenvalue weighted by atomic mass is 19.3. The topological polar surface area (TPSA) is 56.1 Å². The largest absolute Gasteiger partial charge is 0.370 e. The van der Waals surface area contributed by atoms with E-state index in [4.69, 9.17) is 0 Å². The molecule has 1 aromatic heterocycles. The van der Waals surface area contributed by atoms with Crippen molar-refractivity contribution in [2.75, 3.05) is 6.61 Å². The van der Waals surface area contributed by atoms with Crippen molar-refractivity contribution in [1.29, 1.82) is 0 Å². The normalized spacial score (nSPS) is 11.8. The van der Waals surface area contributed by atoms with Gasteiger partial charge in [-0.05, 0) is 30.7 Å². The molecule has 0 fully saturated rings. The third kappa shape index (κ3) is 5.29. The summed E-state index contributed by atoms with van der Waals surface area (Å²) in [6.45, 7) is 0.426. The molecule has 0 aliphatic heterocycles. The molecule has 0 unspecified atom stereocenters. The van der Waals surface area contributed by atoms with Crippen LogP contribution in [0.2, 0.25) is 0 Å². The van der Waals surface area contributed by atoms with E-state index < -0.39 is 19.0 Å². The Labute approximate surface area is 148 Å². The minimum atomic E-state index is -4.20. The highest BCUT2D eigenvalue weighted by Gasteiger charge is 2.40. The molecule has 1 amide bonds. The number of carbonyl (C=O) groups excluding carboxylic acids is 1. The van der Waals surface area contributed by atoms with Gasteiger partial charge in [0.1, 0.15) is 6.61 Å². The van der Waals surface area contributed by atoms with Gasteiger partial charge >= 0.3 is 12.3 Å². The summed E-state index contributed by atoms with van der Waals surface area (Å²) in [6.07, 6.45) is -3.78. The van der Waals surface area contributed by atoms with Crippen molar-refractivity contribution in [2.24, 2.45) is 7.05 Å². The van der Waals surface area contributed by atoms with E-state index in [1.807, 2.05) is 13.0 Å². The third-order valence-electron chi connectivity index (χ3n) is 3.60. The van der Waals surface area contributed by atoms with Crippen LogP contribution in [0.15, 0.2) is 30.3 Å². The van der Waals surface area contributed by atoms with Crippen molar-refractivity contribution in [2.45, 2.75) is 32.4 Å². The number of benzene rings is 1. The lowest BCUT2D eigenvalue weighted by molar-refractivity contribution is -0.168. The summed E-state index contributed by atoms with van der Waals surface area (Å²) < 4.78 is 56.1. The molecule has 2 aromatic rings. The number of hydrogen-bond acceptors (Lipinski definition) is 3. The van der Waals surface area contributed by atoms with Crippen LogP contribution in [0, 0.1) is 6.92 Å². The van der Waals surface area contributed by atoms with Gasteiger partial charge in [0, 0.05) is 12.6 Å². The molecule has 0 bridgehead atoms. The lowest BCUT2D eigenvalue weighted by Crippen LogP contribution is -2.32. The number of amides is 1. The SMILES string of the molecule is Cc1cc(CNC(=O)c2cccc(COCC(F)(F)C(F)F)c2)n(C)n1. The van der Waals surface area contributed by atoms with Crippen LogP contribution in [0.3, 0.4) is 0 Å². The number of alkyl halides is 4. The van der Waals surface area contributed by atoms with Gasteiger partial charge in [-0.25, -0.2) is 8.78 Å². The van der Waals surface area contributed by atoms with Gasteiger partial charge in [0.05, 0.1) is 24.5 Å². The van der Waals surface area contributed by atoms with E-state index >= 15 is 0 Å². The monoisotopic (exact) mass is 373 g/mol. The molecular weight excluding hydrogens is 354 g/mol. The maximum absolute atomic E-state index is 12.8. The van der Waals surface area contributed by atoms with Crippen molar-refractivity contribution >= 4 is 5.91 Å². The molecule has 5 nitrogen and oxygen atoms in total. The van der Waals surface area contributed by atoms with Gasteiger partial charge in [-0.1, -0.05) is 12.1 Å². The molecule has 1 heterocycles. The quantitative estimate of drug-likeness (QED) is 0.724. The smallest absolute Gasteiger partial charge is 0.330 e. The van der Waals surface area contributed by atoms with E-state index in [0.717, 1.165) is 11.4 Å². The third-order valence-corrected chi connectivity index (χ3v) is 3.60. The Morgan fingerprint density at radius 1 is 1.35 bits per heavy atom. The predicted octanol–water partition coefficient (Wildman–Crippen LogP) is 3.08. The number of rotatable bonds is 8. The Balaban J connectivity index is 1.91. The van der Waals surface area contributed by atoms with Crippen molar-refractivity contribution in [3.63, 3.8) is 0 Å². The number of nitrogens with zero attached hydrogens (tertiary/aromatic N) is 2. The number of nitrogens with one attached hydrogen (secondary N) is 1. The van der Waals surface area contributed by atoms with E-state index in [0.29, 0.717) is 11.1 Å². The molecule has 1 N–H and O–H groups in total. The van der Waals surface area contributed by atoms with Crippen LogP contribution < -0.4 is 5.32 Å². The number of halogens is 4. The molecule has 1 aromatic carbocycles. The fraction of sp³-hybridized carbons (Fsp3) is 0.412. The van der Waals surface area contributed by atoms with E-state index in [1.54, 1.807) is 29.9 Å². The molecule has 26 heavy (non-hydrogen) atoms. The van der Waals surface area contributed by atoms with E-state index in [2.05, 4.69) is 15.2 Å². The van der Waals surface area contributed by atoms with Gasteiger partial charge < -0.3 is 10.1 Å². The van der Waals surface area contributed by atoms with E-state index in [9.17, 15) is 22.4 Å². The first-order valence-electron chi connectivity index (χ1n) is 7.79. The van der Waals surface area contributed by atoms with Crippen LogP contribution >= 0.6 is 0 Å². The van der Waals surface area contributed by atoms with Gasteiger partial charge in [0.15, 0.2) is 0 Å². The number of aromatic nitrogens is 2. The fourth-order valence-corrected chi connectivity index (χ4v) is 2.27. The van der Waals surface area contributed by atoms with Gasteiger partial charge in [0.25, 0.3) is 5.91 Å². The zero-order chi connectivity index (χ0) is 19.3. The Morgan fingerprint density at radius 2 is 2.08 bits per heavy atom. The first-order valence-corrected chi connectivity index (χ1v) is 7.79. The zero-order valence-corrected chi connectivity index (χ0v) is 14.3. The highest BCUT2D eigenvalue weighted by molar-refractivity contribution is 5.94. The number of hydrogen-bond donors (Lipinski definition) is 1. The van der Waals surface area contributed by atoms with Gasteiger partial charge in [-0.15, -0.1) is 0 Å². The van der Waals surface area contributed by atoms with Gasteiger partial charge in [-0.2, -0.15) is 13.9 Å². The summed E-state index contributed by atoms with van der Waals surface area (Å²) in [5, 5.41) is 6.91. The van der Waals surface area contributed by atoms with Crippen molar-refractivity contribution in [1.82, 2.24) is 15.1 Å². The molecule has 2 rings (SSSR count). The molecule has 0 saturated carbocycles.